The van der Waals surface area contributed by atoms with E-state index in [4.69, 9.17) is 18.9 Å². The van der Waals surface area contributed by atoms with E-state index in [1.54, 1.807) is 0 Å². The number of epoxide rings is 1. The second kappa shape index (κ2) is 3.60. The summed E-state index contributed by atoms with van der Waals surface area (Å²) < 4.78 is 24.2. The van der Waals surface area contributed by atoms with Crippen LogP contribution in [0, 0.1) is 11.3 Å². The topological polar surface area (TPSA) is 57.3 Å². The smallest absolute Gasteiger partial charge is 0.336 e. The Kier molecular flexibility index (Phi) is 2.21. The largest absolute Gasteiger partial charge is 0.422 e. The molecule has 0 aromatic heterocycles. The third kappa shape index (κ3) is 1.14. The van der Waals surface area contributed by atoms with Crippen molar-refractivity contribution in [3.8, 4) is 0 Å². The van der Waals surface area contributed by atoms with Gasteiger partial charge < -0.3 is 18.9 Å². The van der Waals surface area contributed by atoms with Crippen LogP contribution in [0.5, 0.6) is 0 Å². The van der Waals surface area contributed by atoms with E-state index in [-0.39, 0.29) is 17.3 Å². The van der Waals surface area contributed by atoms with Crippen LogP contribution in [0.1, 0.15) is 46.5 Å². The highest BCUT2D eigenvalue weighted by Gasteiger charge is 2.90. The number of carbonyl (C=O) groups excluding carboxylic acids is 1. The third-order valence-electron chi connectivity index (χ3n) is 7.04. The highest BCUT2D eigenvalue weighted by Crippen LogP contribution is 2.77. The Hall–Kier alpha value is -0.910. The molecule has 0 amide bonds. The van der Waals surface area contributed by atoms with Crippen LogP contribution in [0.25, 0.3) is 0 Å². The molecular formula is C17H22O5. The third-order valence-corrected chi connectivity index (χ3v) is 7.04. The summed E-state index contributed by atoms with van der Waals surface area (Å²) in [6.45, 7) is 7.54. The van der Waals surface area contributed by atoms with Crippen molar-refractivity contribution in [3.05, 3.63) is 11.1 Å². The van der Waals surface area contributed by atoms with Crippen molar-refractivity contribution in [1.29, 1.82) is 0 Å². The average molecular weight is 306 g/mol. The first-order valence-electron chi connectivity index (χ1n) is 8.33. The van der Waals surface area contributed by atoms with Crippen LogP contribution in [-0.4, -0.2) is 36.4 Å². The van der Waals surface area contributed by atoms with Crippen molar-refractivity contribution in [2.45, 2.75) is 63.6 Å². The molecule has 3 spiro atoms. The Morgan fingerprint density at radius 3 is 2.59 bits per heavy atom. The van der Waals surface area contributed by atoms with Crippen molar-refractivity contribution in [1.82, 2.24) is 0 Å². The summed E-state index contributed by atoms with van der Waals surface area (Å²) in [5.74, 6) is -1.61. The van der Waals surface area contributed by atoms with Crippen molar-refractivity contribution in [3.63, 3.8) is 0 Å². The minimum Gasteiger partial charge on any atom is -0.422 e. The van der Waals surface area contributed by atoms with Crippen molar-refractivity contribution >= 4 is 5.97 Å². The molecule has 3 heterocycles. The number of carbonyl (C=O) groups is 1. The lowest BCUT2D eigenvalue weighted by Gasteiger charge is -2.53. The molecule has 3 aliphatic heterocycles. The molecule has 0 N–H and O–H groups in total. The predicted molar refractivity (Wildman–Crippen MR) is 75.7 cm³/mol. The zero-order valence-electron chi connectivity index (χ0n) is 13.4. The van der Waals surface area contributed by atoms with Gasteiger partial charge in [-0.05, 0) is 26.2 Å². The van der Waals surface area contributed by atoms with E-state index in [2.05, 4.69) is 13.8 Å². The van der Waals surface area contributed by atoms with Gasteiger partial charge in [-0.2, -0.15) is 0 Å². The van der Waals surface area contributed by atoms with Gasteiger partial charge in [-0.3, -0.25) is 0 Å². The van der Waals surface area contributed by atoms with Crippen LogP contribution in [-0.2, 0) is 23.7 Å². The van der Waals surface area contributed by atoms with E-state index in [1.165, 1.54) is 0 Å². The zero-order valence-corrected chi connectivity index (χ0v) is 13.4. The summed E-state index contributed by atoms with van der Waals surface area (Å²) in [6.07, 6.45) is 3.77. The van der Waals surface area contributed by atoms with Crippen LogP contribution in [0.4, 0.5) is 0 Å². The molecule has 0 bridgehead atoms. The maximum atomic E-state index is 12.1. The van der Waals surface area contributed by atoms with Crippen molar-refractivity contribution in [2.24, 2.45) is 11.3 Å². The molecule has 2 saturated heterocycles. The molecule has 2 saturated carbocycles. The second-order valence-electron chi connectivity index (χ2n) is 7.74. The molecule has 4 fully saturated rings. The molecule has 4 atom stereocenters. The quantitative estimate of drug-likeness (QED) is 0.508. The predicted octanol–water partition coefficient (Wildman–Crippen LogP) is 2.30. The highest BCUT2D eigenvalue weighted by molar-refractivity contribution is 5.93. The van der Waals surface area contributed by atoms with E-state index >= 15 is 0 Å². The normalized spacial score (nSPS) is 51.4. The fourth-order valence-electron chi connectivity index (χ4n) is 5.73. The van der Waals surface area contributed by atoms with Crippen LogP contribution in [0.2, 0.25) is 0 Å². The summed E-state index contributed by atoms with van der Waals surface area (Å²) in [5, 5.41) is 0. The van der Waals surface area contributed by atoms with Gasteiger partial charge in [0, 0.05) is 28.9 Å². The number of esters is 1. The first-order valence-corrected chi connectivity index (χ1v) is 8.33. The molecule has 120 valence electrons. The summed E-state index contributed by atoms with van der Waals surface area (Å²) in [4.78, 5) is 12.1. The van der Waals surface area contributed by atoms with E-state index in [0.29, 0.717) is 13.2 Å². The minimum absolute atomic E-state index is 0.00137. The van der Waals surface area contributed by atoms with Crippen molar-refractivity contribution in [2.75, 3.05) is 13.2 Å². The summed E-state index contributed by atoms with van der Waals surface area (Å²) in [6, 6.07) is 0. The summed E-state index contributed by atoms with van der Waals surface area (Å²) >= 11 is 0. The van der Waals surface area contributed by atoms with Gasteiger partial charge >= 0.3 is 5.97 Å². The van der Waals surface area contributed by atoms with Gasteiger partial charge in [-0.15, -0.1) is 0 Å². The Balaban J connectivity index is 1.66. The molecule has 22 heavy (non-hydrogen) atoms. The number of hydrogen-bond donors (Lipinski definition) is 0. The van der Waals surface area contributed by atoms with Gasteiger partial charge in [-0.25, -0.2) is 4.79 Å². The van der Waals surface area contributed by atoms with Gasteiger partial charge in [0.05, 0.1) is 13.2 Å². The van der Waals surface area contributed by atoms with Gasteiger partial charge in [0.25, 0.3) is 5.79 Å². The van der Waals surface area contributed by atoms with Gasteiger partial charge in [0.2, 0.25) is 0 Å². The summed E-state index contributed by atoms with van der Waals surface area (Å²) in [7, 11) is 0. The fraction of sp³-hybridized carbons (Fsp3) is 0.824. The minimum atomic E-state index is -0.844. The number of rotatable bonds is 0. The lowest BCUT2D eigenvalue weighted by atomic mass is 9.53. The van der Waals surface area contributed by atoms with Crippen LogP contribution in [0.3, 0.4) is 0 Å². The Bertz CT molecular complexity index is 619. The van der Waals surface area contributed by atoms with Gasteiger partial charge in [-0.1, -0.05) is 13.8 Å². The maximum Gasteiger partial charge on any atom is 0.336 e. The summed E-state index contributed by atoms with van der Waals surface area (Å²) in [5.41, 5.74) is 1.29. The molecule has 0 radical (unpaired) electrons. The van der Waals surface area contributed by atoms with Gasteiger partial charge in [0.15, 0.2) is 11.4 Å². The second-order valence-corrected chi connectivity index (χ2v) is 7.74. The first kappa shape index (κ1) is 13.5. The monoisotopic (exact) mass is 306 g/mol. The first-order chi connectivity index (χ1) is 10.4. The van der Waals surface area contributed by atoms with Crippen LogP contribution in [0.15, 0.2) is 11.1 Å². The Morgan fingerprint density at radius 1 is 1.14 bits per heavy atom. The number of hydrogen-bond acceptors (Lipinski definition) is 5. The van der Waals surface area contributed by atoms with Gasteiger partial charge in [0.1, 0.15) is 0 Å². The molecule has 5 nitrogen and oxygen atoms in total. The molecule has 0 aromatic carbocycles. The van der Waals surface area contributed by atoms with E-state index in [9.17, 15) is 4.79 Å². The van der Waals surface area contributed by atoms with E-state index < -0.39 is 17.2 Å². The lowest BCUT2D eigenvalue weighted by Crippen LogP contribution is -2.61. The highest BCUT2D eigenvalue weighted by atomic mass is 16.8. The molecule has 0 unspecified atom stereocenters. The van der Waals surface area contributed by atoms with Crippen LogP contribution >= 0.6 is 0 Å². The molecule has 5 heteroatoms. The fourth-order valence-corrected chi connectivity index (χ4v) is 5.73. The average Bonchev–Trinajstić information content (AvgIpc) is 2.84. The van der Waals surface area contributed by atoms with E-state index in [1.807, 2.05) is 6.92 Å². The SMILES string of the molecule is CC1=C2CC[C@@]3(C)CCC4(OCCO4)[C@H](C)[C@@]34O[C@@]24OC1=O. The lowest BCUT2D eigenvalue weighted by molar-refractivity contribution is -0.249. The van der Waals surface area contributed by atoms with Crippen molar-refractivity contribution < 1.29 is 23.7 Å². The zero-order chi connectivity index (χ0) is 15.4. The van der Waals surface area contributed by atoms with E-state index in [0.717, 1.165) is 36.8 Å². The standard InChI is InChI=1S/C17H22O5/c1-10-12-4-5-14(3)6-7-15(19-8-9-20-15)11(2)16(14)17(12,22-16)21-13(10)18/h11H,4-9H2,1-3H3/t11-,14-,16+,17-/m0/s1. The van der Waals surface area contributed by atoms with Crippen LogP contribution < -0.4 is 0 Å². The molecule has 5 aliphatic rings. The Labute approximate surface area is 129 Å². The molecular weight excluding hydrogens is 284 g/mol. The molecule has 5 rings (SSSR count). The molecule has 2 aliphatic carbocycles. The maximum absolute atomic E-state index is 12.1. The molecule has 0 aromatic rings. The Morgan fingerprint density at radius 2 is 1.86 bits per heavy atom. The number of ether oxygens (including phenoxy) is 4.